The number of aliphatic hydroxyl groups is 2. The number of phosphoric ester groups is 1. The number of aliphatic hydroxyl groups excluding tert-OH is 2. The number of hydrogen-bond donors (Lipinski definition) is 8. The molecule has 182 valence electrons. The van der Waals surface area contributed by atoms with Crippen molar-refractivity contribution in [1.29, 1.82) is 0 Å². The van der Waals surface area contributed by atoms with Gasteiger partial charge < -0.3 is 39.6 Å². The van der Waals surface area contributed by atoms with Crippen molar-refractivity contribution >= 4 is 29.4 Å². The van der Waals surface area contributed by atoms with Crippen LogP contribution in [0, 0.1) is 0 Å². The van der Waals surface area contributed by atoms with Gasteiger partial charge in [0.2, 0.25) is 0 Å². The molecule has 0 saturated carbocycles. The van der Waals surface area contributed by atoms with Gasteiger partial charge in [0.1, 0.15) is 24.0 Å². The first-order valence-electron chi connectivity index (χ1n) is 7.81. The Labute approximate surface area is 174 Å². The number of ether oxygens (including phenoxy) is 1. The minimum atomic E-state index is -5.81. The van der Waals surface area contributed by atoms with E-state index >= 15 is 0 Å². The number of nitrogens with one attached hydrogen (secondary N) is 1. The van der Waals surface area contributed by atoms with E-state index in [9.17, 15) is 43.2 Å². The second-order valence-electron chi connectivity index (χ2n) is 5.93. The van der Waals surface area contributed by atoms with Crippen LogP contribution in [-0.2, 0) is 31.6 Å². The lowest BCUT2D eigenvalue weighted by Crippen LogP contribution is -2.40. The lowest BCUT2D eigenvalue weighted by Gasteiger charge is -2.19. The molecule has 8 N–H and O–H groups in total. The predicted molar refractivity (Wildman–Crippen MR) is 94.0 cm³/mol. The van der Waals surface area contributed by atoms with Crippen molar-refractivity contribution in [1.82, 2.24) is 9.55 Å². The van der Waals surface area contributed by atoms with Gasteiger partial charge in [0.15, 0.2) is 6.23 Å². The molecule has 1 aromatic heterocycles. The number of aromatic nitrogens is 2. The lowest BCUT2D eigenvalue weighted by atomic mass is 10.1. The summed E-state index contributed by atoms with van der Waals surface area (Å²) in [4.78, 5) is 71.7. The third-order valence-corrected chi connectivity index (χ3v) is 7.41. The maximum Gasteiger partial charge on any atom is 0.490 e. The van der Waals surface area contributed by atoms with E-state index in [0.29, 0.717) is 6.07 Å². The third kappa shape index (κ3) is 6.72. The second-order valence-corrected chi connectivity index (χ2v) is 10.4. The average Bonchev–Trinajstić information content (AvgIpc) is 2.84. The summed E-state index contributed by atoms with van der Waals surface area (Å²) in [5.74, 6) is -1.78. The number of carboxylic acid groups (broad SMARTS) is 1. The molecule has 19 nitrogen and oxygen atoms in total. The van der Waals surface area contributed by atoms with Crippen molar-refractivity contribution in [2.45, 2.75) is 24.5 Å². The molecule has 1 aliphatic heterocycles. The van der Waals surface area contributed by atoms with E-state index in [2.05, 4.69) is 13.1 Å². The fraction of sp³-hybridized carbons (Fsp3) is 0.500. The molecule has 0 amide bonds. The van der Waals surface area contributed by atoms with Gasteiger partial charge in [0.25, 0.3) is 5.56 Å². The van der Waals surface area contributed by atoms with Gasteiger partial charge in [-0.2, -0.15) is 8.62 Å². The molecule has 1 aliphatic rings. The Bertz CT molecular complexity index is 1140. The largest absolute Gasteiger partial charge is 0.490 e. The highest BCUT2D eigenvalue weighted by atomic mass is 31.3. The Morgan fingerprint density at radius 1 is 1.06 bits per heavy atom. The topological polar surface area (TPSA) is 302 Å². The van der Waals surface area contributed by atoms with Crippen molar-refractivity contribution in [2.24, 2.45) is 0 Å². The van der Waals surface area contributed by atoms with Crippen LogP contribution < -0.4 is 11.2 Å². The van der Waals surface area contributed by atoms with Crippen LogP contribution in [0.25, 0.3) is 0 Å². The molecule has 0 radical (unpaired) electrons. The molecule has 32 heavy (non-hydrogen) atoms. The third-order valence-electron chi connectivity index (χ3n) is 3.60. The number of carbonyl (C=O) groups is 1. The number of aromatic amines is 1. The summed E-state index contributed by atoms with van der Waals surface area (Å²) >= 11 is 0. The van der Waals surface area contributed by atoms with Crippen LogP contribution in [0.1, 0.15) is 16.7 Å². The first kappa shape index (κ1) is 26.7. The van der Waals surface area contributed by atoms with Crippen LogP contribution in [0.15, 0.2) is 15.7 Å². The van der Waals surface area contributed by atoms with Crippen LogP contribution in [0.2, 0.25) is 0 Å². The summed E-state index contributed by atoms with van der Waals surface area (Å²) in [5.41, 5.74) is -3.39. The fourth-order valence-corrected chi connectivity index (χ4v) is 5.50. The van der Waals surface area contributed by atoms with Crippen LogP contribution in [0.3, 0.4) is 0 Å². The molecule has 0 aromatic carbocycles. The van der Waals surface area contributed by atoms with Crippen LogP contribution in [-0.4, -0.2) is 75.3 Å². The lowest BCUT2D eigenvalue weighted by molar-refractivity contribution is -0.0554. The molecule has 1 aromatic rings. The fourth-order valence-electron chi connectivity index (χ4n) is 2.47. The van der Waals surface area contributed by atoms with Gasteiger partial charge in [0, 0.05) is 6.07 Å². The van der Waals surface area contributed by atoms with Gasteiger partial charge >= 0.3 is 35.1 Å². The minimum Gasteiger partial charge on any atom is -0.477 e. The molecule has 22 heteroatoms. The van der Waals surface area contributed by atoms with Crippen molar-refractivity contribution in [3.8, 4) is 0 Å². The van der Waals surface area contributed by atoms with Gasteiger partial charge in [-0.05, 0) is 0 Å². The van der Waals surface area contributed by atoms with Crippen molar-refractivity contribution < 1.29 is 71.3 Å². The van der Waals surface area contributed by atoms with Crippen molar-refractivity contribution in [3.05, 3.63) is 32.6 Å². The van der Waals surface area contributed by atoms with E-state index in [4.69, 9.17) is 24.5 Å². The van der Waals surface area contributed by atoms with Gasteiger partial charge in [-0.25, -0.2) is 23.3 Å². The van der Waals surface area contributed by atoms with E-state index in [0.717, 1.165) is 0 Å². The molecule has 0 bridgehead atoms. The van der Waals surface area contributed by atoms with Crippen LogP contribution in [0.4, 0.5) is 0 Å². The number of nitrogens with zero attached hydrogens (tertiary/aromatic N) is 1. The molecule has 0 aliphatic carbocycles. The van der Waals surface area contributed by atoms with Crippen molar-refractivity contribution in [3.63, 3.8) is 0 Å². The number of rotatable bonds is 9. The van der Waals surface area contributed by atoms with E-state index in [1.54, 1.807) is 4.98 Å². The molecule has 1 saturated heterocycles. The van der Waals surface area contributed by atoms with E-state index in [-0.39, 0.29) is 4.57 Å². The quantitative estimate of drug-likeness (QED) is 0.150. The van der Waals surface area contributed by atoms with E-state index in [1.165, 1.54) is 0 Å². The molecule has 0 spiro atoms. The summed E-state index contributed by atoms with van der Waals surface area (Å²) in [5, 5.41) is 29.3. The monoisotopic (exact) mass is 528 g/mol. The summed E-state index contributed by atoms with van der Waals surface area (Å²) in [7, 11) is -17.0. The molecule has 1 fully saturated rings. The van der Waals surface area contributed by atoms with E-state index < -0.39 is 77.5 Å². The molecule has 2 heterocycles. The molecular formula is C10H15N2O17P3. The van der Waals surface area contributed by atoms with E-state index in [1.807, 2.05) is 0 Å². The molecule has 2 unspecified atom stereocenters. The highest BCUT2D eigenvalue weighted by Gasteiger charge is 2.47. The summed E-state index contributed by atoms with van der Waals surface area (Å²) < 4.78 is 50.1. The predicted octanol–water partition coefficient (Wildman–Crippen LogP) is -2.80. The molecule has 6 atom stereocenters. The Balaban J connectivity index is 2.19. The maximum atomic E-state index is 12.0. The zero-order valence-corrected chi connectivity index (χ0v) is 17.8. The highest BCUT2D eigenvalue weighted by molar-refractivity contribution is 7.66. The Morgan fingerprint density at radius 2 is 1.66 bits per heavy atom. The van der Waals surface area contributed by atoms with Gasteiger partial charge in [-0.3, -0.25) is 18.9 Å². The second kappa shape index (κ2) is 9.36. The number of phosphoric acid groups is 3. The number of H-pyrrole nitrogens is 1. The molecule has 2 rings (SSSR count). The normalized spacial score (nSPS) is 27.6. The SMILES string of the molecule is O=C(O)c1cc(=O)[nH]c(=O)n1[C@@H]1O[C@H](COP(=O)(O)OP(=O)(O)OP(=O)(O)O)[C@@H](O)[C@H]1O. The Hall–Kier alpha value is -1.56. The first-order chi connectivity index (χ1) is 14.4. The van der Waals surface area contributed by atoms with Gasteiger partial charge in [0.05, 0.1) is 6.61 Å². The van der Waals surface area contributed by atoms with Crippen LogP contribution in [0.5, 0.6) is 0 Å². The smallest absolute Gasteiger partial charge is 0.477 e. The minimum absolute atomic E-state index is 0.266. The number of carboxylic acids is 1. The Morgan fingerprint density at radius 3 is 2.19 bits per heavy atom. The highest BCUT2D eigenvalue weighted by Crippen LogP contribution is 2.66. The maximum absolute atomic E-state index is 12.0. The molecular weight excluding hydrogens is 513 g/mol. The average molecular weight is 528 g/mol. The summed E-state index contributed by atoms with van der Waals surface area (Å²) in [6.45, 7) is -1.20. The first-order valence-corrected chi connectivity index (χ1v) is 12.3. The number of hydrogen-bond acceptors (Lipinski definition) is 12. The zero-order valence-electron chi connectivity index (χ0n) is 15.1. The van der Waals surface area contributed by atoms with Gasteiger partial charge in [-0.1, -0.05) is 0 Å². The number of aromatic carboxylic acids is 1. The summed E-state index contributed by atoms with van der Waals surface area (Å²) in [6.07, 6.45) is -7.74. The summed E-state index contributed by atoms with van der Waals surface area (Å²) in [6, 6.07) is 0.478. The zero-order chi connectivity index (χ0) is 24.6. The standard InChI is InChI=1S/C10H15N2O17P3/c13-5-1-3(9(16)17)12(10(18)11-5)8-7(15)6(14)4(27-8)2-26-31(22,23)29-32(24,25)28-30(19,20)21/h1,4,6-8,14-15H,2H2,(H,16,17)(H,22,23)(H,24,25)(H,11,13,18)(H2,19,20,21)/t4-,6-,7-,8-/m1/s1. The Kier molecular flexibility index (Phi) is 7.81. The van der Waals surface area contributed by atoms with Crippen molar-refractivity contribution in [2.75, 3.05) is 6.61 Å². The van der Waals surface area contributed by atoms with Crippen LogP contribution >= 0.6 is 23.5 Å². The van der Waals surface area contributed by atoms with Gasteiger partial charge in [-0.15, -0.1) is 0 Å².